The molecule has 46 valence electrons. The van der Waals surface area contributed by atoms with Crippen LogP contribution in [-0.4, -0.2) is 11.5 Å². The Morgan fingerprint density at radius 3 is 1.43 bits per heavy atom. The molecule has 0 aliphatic heterocycles. The molecular weight excluding hydrogens is 144 g/mol. The van der Waals surface area contributed by atoms with Crippen LogP contribution in [0.3, 0.4) is 0 Å². The van der Waals surface area contributed by atoms with E-state index in [4.69, 9.17) is 0 Å². The van der Waals surface area contributed by atoms with Gasteiger partial charge in [-0.3, -0.25) is 0 Å². The van der Waals surface area contributed by atoms with Gasteiger partial charge in [0.2, 0.25) is 0 Å². The monoisotopic (exact) mass is 156 g/mol. The van der Waals surface area contributed by atoms with Crippen molar-refractivity contribution >= 4 is 31.4 Å². The average Bonchev–Trinajstić information content (AvgIpc) is 1.68. The van der Waals surface area contributed by atoms with Gasteiger partial charge in [-0.1, -0.05) is 13.8 Å². The molecule has 0 aliphatic carbocycles. The summed E-state index contributed by atoms with van der Waals surface area (Å²) in [5, 5.41) is 0. The minimum atomic E-state index is -0.769. The summed E-state index contributed by atoms with van der Waals surface area (Å²) in [5.41, 5.74) is 0. The second-order valence-corrected chi connectivity index (χ2v) is 9.20. The van der Waals surface area contributed by atoms with Gasteiger partial charge in [0.05, 0.1) is 0 Å². The topological polar surface area (TPSA) is 0 Å². The van der Waals surface area contributed by atoms with Crippen LogP contribution < -0.4 is 0 Å². The first-order valence-corrected chi connectivity index (χ1v) is 6.43. The summed E-state index contributed by atoms with van der Waals surface area (Å²) in [6.45, 7) is 4.25. The highest BCUT2D eigenvalue weighted by Gasteiger charge is 2.05. The van der Waals surface area contributed by atoms with E-state index in [1.165, 1.54) is 0 Å². The highest BCUT2D eigenvalue weighted by Crippen LogP contribution is 2.55. The molecule has 0 nitrogen and oxygen atoms in total. The van der Waals surface area contributed by atoms with E-state index >= 15 is 0 Å². The highest BCUT2D eigenvalue weighted by atomic mass is 33.5. The average molecular weight is 156 g/mol. The Hall–Kier alpha value is 1.05. The molecule has 0 saturated heterocycles. The third-order valence-corrected chi connectivity index (χ3v) is 5.87. The summed E-state index contributed by atoms with van der Waals surface area (Å²) in [6, 6.07) is 0. The van der Waals surface area contributed by atoms with Gasteiger partial charge in [-0.15, -0.1) is 23.3 Å². The summed E-state index contributed by atoms with van der Waals surface area (Å²) >= 11 is 8.67. The van der Waals surface area contributed by atoms with Crippen molar-refractivity contribution in [3.63, 3.8) is 0 Å². The lowest BCUT2D eigenvalue weighted by atomic mass is 11.0. The Morgan fingerprint density at radius 2 is 1.43 bits per heavy atom. The van der Waals surface area contributed by atoms with E-state index < -0.39 is 8.09 Å². The third kappa shape index (κ3) is 3.62. The standard InChI is InChI=1S/C4H12S3/c1-3-7(5,6)4-2/h5-6H,3-4H2,1-2H3. The molecule has 0 radical (unpaired) electrons. The van der Waals surface area contributed by atoms with Crippen molar-refractivity contribution in [1.82, 2.24) is 0 Å². The zero-order valence-electron chi connectivity index (χ0n) is 4.72. The van der Waals surface area contributed by atoms with E-state index in [0.717, 1.165) is 11.5 Å². The Bertz CT molecular complexity index is 44.9. The fourth-order valence-electron chi connectivity index (χ4n) is 0.204. The predicted octanol–water partition coefficient (Wildman–Crippen LogP) is 2.52. The Morgan fingerprint density at radius 1 is 1.14 bits per heavy atom. The first-order valence-electron chi connectivity index (χ1n) is 2.36. The predicted molar refractivity (Wildman–Crippen MR) is 46.6 cm³/mol. The zero-order chi connectivity index (χ0) is 5.91. The van der Waals surface area contributed by atoms with Crippen LogP contribution in [0.2, 0.25) is 0 Å². The van der Waals surface area contributed by atoms with Gasteiger partial charge in [0.1, 0.15) is 0 Å². The molecular formula is C4H12S3. The van der Waals surface area contributed by atoms with E-state index in [1.807, 2.05) is 0 Å². The quantitative estimate of drug-likeness (QED) is 0.445. The SMILES string of the molecule is CCS(S)(S)CC. The number of hydrogen-bond donors (Lipinski definition) is 2. The van der Waals surface area contributed by atoms with Crippen molar-refractivity contribution in [2.75, 3.05) is 11.5 Å². The molecule has 0 aromatic carbocycles. The molecule has 0 aliphatic rings. The molecule has 0 bridgehead atoms. The van der Waals surface area contributed by atoms with E-state index in [1.54, 1.807) is 0 Å². The summed E-state index contributed by atoms with van der Waals surface area (Å²) in [5.74, 6) is 2.21. The molecule has 0 saturated carbocycles. The van der Waals surface area contributed by atoms with Gasteiger partial charge in [-0.05, 0) is 11.5 Å². The molecule has 0 aromatic heterocycles. The molecule has 0 amide bonds. The van der Waals surface area contributed by atoms with E-state index in [0.29, 0.717) is 0 Å². The summed E-state index contributed by atoms with van der Waals surface area (Å²) in [4.78, 5) is 0. The van der Waals surface area contributed by atoms with Gasteiger partial charge in [0.15, 0.2) is 0 Å². The van der Waals surface area contributed by atoms with Gasteiger partial charge < -0.3 is 0 Å². The van der Waals surface area contributed by atoms with Crippen LogP contribution in [0.1, 0.15) is 13.8 Å². The number of thiol groups is 2. The van der Waals surface area contributed by atoms with Crippen LogP contribution in [-0.2, 0) is 0 Å². The van der Waals surface area contributed by atoms with Gasteiger partial charge in [-0.2, -0.15) is 8.09 Å². The first kappa shape index (κ1) is 8.05. The smallest absolute Gasteiger partial charge is 0.00863 e. The maximum Gasteiger partial charge on any atom is -0.00863 e. The zero-order valence-corrected chi connectivity index (χ0v) is 7.32. The molecule has 0 heterocycles. The minimum absolute atomic E-state index is 0.769. The maximum absolute atomic E-state index is 4.33. The fourth-order valence-corrected chi connectivity index (χ4v) is 0.612. The lowest BCUT2D eigenvalue weighted by molar-refractivity contribution is 1.46. The maximum atomic E-state index is 4.33. The van der Waals surface area contributed by atoms with Crippen LogP contribution in [0, 0.1) is 0 Å². The summed E-state index contributed by atoms with van der Waals surface area (Å²) in [6.07, 6.45) is 0. The highest BCUT2D eigenvalue weighted by molar-refractivity contribution is 9.17. The van der Waals surface area contributed by atoms with Crippen molar-refractivity contribution in [2.24, 2.45) is 0 Å². The second-order valence-electron chi connectivity index (χ2n) is 1.38. The summed E-state index contributed by atoms with van der Waals surface area (Å²) in [7, 11) is -0.769. The molecule has 0 unspecified atom stereocenters. The molecule has 3 heteroatoms. The van der Waals surface area contributed by atoms with Gasteiger partial charge in [0, 0.05) is 0 Å². The molecule has 0 spiro atoms. The Balaban J connectivity index is 3.36. The number of hydrogen-bond acceptors (Lipinski definition) is 2. The van der Waals surface area contributed by atoms with Crippen molar-refractivity contribution in [1.29, 1.82) is 0 Å². The largest absolute Gasteiger partial charge is 0.150 e. The lowest BCUT2D eigenvalue weighted by Crippen LogP contribution is -1.86. The molecule has 7 heavy (non-hydrogen) atoms. The Labute approximate surface area is 57.0 Å². The minimum Gasteiger partial charge on any atom is -0.150 e. The van der Waals surface area contributed by atoms with Gasteiger partial charge >= 0.3 is 0 Å². The first-order chi connectivity index (χ1) is 3.12. The van der Waals surface area contributed by atoms with Crippen LogP contribution in [0.5, 0.6) is 0 Å². The van der Waals surface area contributed by atoms with Crippen molar-refractivity contribution in [2.45, 2.75) is 13.8 Å². The molecule has 0 N–H and O–H groups in total. The lowest BCUT2D eigenvalue weighted by Gasteiger charge is -2.23. The fraction of sp³-hybridized carbons (Fsp3) is 1.00. The van der Waals surface area contributed by atoms with Crippen molar-refractivity contribution < 1.29 is 0 Å². The van der Waals surface area contributed by atoms with Crippen LogP contribution in [0.15, 0.2) is 0 Å². The van der Waals surface area contributed by atoms with E-state index in [9.17, 15) is 0 Å². The van der Waals surface area contributed by atoms with Crippen LogP contribution in [0.4, 0.5) is 0 Å². The van der Waals surface area contributed by atoms with Gasteiger partial charge in [-0.25, -0.2) is 0 Å². The van der Waals surface area contributed by atoms with Crippen LogP contribution >= 0.6 is 31.4 Å². The normalized spacial score (nSPS) is 14.3. The van der Waals surface area contributed by atoms with E-state index in [2.05, 4.69) is 37.2 Å². The van der Waals surface area contributed by atoms with Crippen LogP contribution in [0.25, 0.3) is 0 Å². The summed E-state index contributed by atoms with van der Waals surface area (Å²) < 4.78 is 0. The van der Waals surface area contributed by atoms with Crippen molar-refractivity contribution in [3.8, 4) is 0 Å². The molecule has 0 aromatic rings. The van der Waals surface area contributed by atoms with Crippen molar-refractivity contribution in [3.05, 3.63) is 0 Å². The molecule has 0 rings (SSSR count). The van der Waals surface area contributed by atoms with E-state index in [-0.39, 0.29) is 0 Å². The van der Waals surface area contributed by atoms with Gasteiger partial charge in [0.25, 0.3) is 0 Å². The number of rotatable bonds is 2. The Kier molecular flexibility index (Phi) is 3.62. The molecule has 0 atom stereocenters. The third-order valence-electron chi connectivity index (χ3n) is 0.925. The second kappa shape index (κ2) is 3.15. The molecule has 0 fully saturated rings.